The molecule has 0 fully saturated rings. The fourth-order valence-electron chi connectivity index (χ4n) is 1.96. The van der Waals surface area contributed by atoms with Crippen molar-refractivity contribution in [2.75, 3.05) is 0 Å². The zero-order valence-corrected chi connectivity index (χ0v) is 14.5. The van der Waals surface area contributed by atoms with Gasteiger partial charge in [-0.25, -0.2) is 0 Å². The molecule has 0 aliphatic carbocycles. The van der Waals surface area contributed by atoms with E-state index in [1.54, 1.807) is 0 Å². The van der Waals surface area contributed by atoms with E-state index in [2.05, 4.69) is 71.9 Å². The van der Waals surface area contributed by atoms with Crippen molar-refractivity contribution in [2.24, 2.45) is 5.92 Å². The van der Waals surface area contributed by atoms with Crippen molar-refractivity contribution < 1.29 is 0 Å². The van der Waals surface area contributed by atoms with Crippen LogP contribution in [0.25, 0.3) is 0 Å². The Balaban J connectivity index is 3.91. The molecule has 0 aromatic carbocycles. The summed E-state index contributed by atoms with van der Waals surface area (Å²) in [6.07, 6.45) is 17.4. The van der Waals surface area contributed by atoms with Crippen molar-refractivity contribution in [3.63, 3.8) is 0 Å². The van der Waals surface area contributed by atoms with Gasteiger partial charge in [0.1, 0.15) is 0 Å². The van der Waals surface area contributed by atoms with Gasteiger partial charge >= 0.3 is 0 Å². The van der Waals surface area contributed by atoms with Crippen LogP contribution < -0.4 is 0 Å². The molecule has 0 amide bonds. The Kier molecular flexibility index (Phi) is 11.1. The molecule has 0 saturated carbocycles. The van der Waals surface area contributed by atoms with Crippen molar-refractivity contribution in [3.8, 4) is 0 Å². The van der Waals surface area contributed by atoms with Gasteiger partial charge in [-0.15, -0.1) is 0 Å². The first-order chi connectivity index (χ1) is 9.41. The molecule has 0 N–H and O–H groups in total. The quantitative estimate of drug-likeness (QED) is 0.397. The lowest BCUT2D eigenvalue weighted by atomic mass is 10.1. The maximum Gasteiger partial charge on any atom is -0.0167 e. The van der Waals surface area contributed by atoms with Crippen LogP contribution in [-0.4, -0.2) is 0 Å². The summed E-state index contributed by atoms with van der Waals surface area (Å²) in [6.45, 7) is 13.3. The summed E-state index contributed by atoms with van der Waals surface area (Å²) in [7, 11) is 0. The van der Waals surface area contributed by atoms with Gasteiger partial charge in [0.25, 0.3) is 0 Å². The summed E-state index contributed by atoms with van der Waals surface area (Å²) < 4.78 is 0. The lowest BCUT2D eigenvalue weighted by Gasteiger charge is -2.01. The molecular formula is C20H34. The zero-order valence-electron chi connectivity index (χ0n) is 14.5. The fourth-order valence-corrected chi connectivity index (χ4v) is 1.96. The van der Waals surface area contributed by atoms with Crippen LogP contribution in [0.2, 0.25) is 0 Å². The van der Waals surface area contributed by atoms with Crippen LogP contribution in [0.5, 0.6) is 0 Å². The average molecular weight is 274 g/mol. The van der Waals surface area contributed by atoms with Crippen molar-refractivity contribution in [1.82, 2.24) is 0 Å². The number of rotatable bonds is 9. The van der Waals surface area contributed by atoms with Crippen LogP contribution in [0.3, 0.4) is 0 Å². The van der Waals surface area contributed by atoms with E-state index in [0.717, 1.165) is 6.42 Å². The second-order valence-corrected chi connectivity index (χ2v) is 6.37. The number of hydrogen-bond donors (Lipinski definition) is 0. The highest BCUT2D eigenvalue weighted by atomic mass is 14.0. The molecule has 0 radical (unpaired) electrons. The smallest absolute Gasteiger partial charge is 0.0167 e. The van der Waals surface area contributed by atoms with Crippen molar-refractivity contribution in [1.29, 1.82) is 0 Å². The van der Waals surface area contributed by atoms with Crippen LogP contribution in [0.4, 0.5) is 0 Å². The number of allylic oxidation sites excluding steroid dienone is 8. The second-order valence-electron chi connectivity index (χ2n) is 6.37. The highest BCUT2D eigenvalue weighted by Gasteiger charge is 1.91. The molecule has 0 unspecified atom stereocenters. The van der Waals surface area contributed by atoms with E-state index in [1.165, 1.54) is 42.4 Å². The van der Waals surface area contributed by atoms with Crippen LogP contribution in [-0.2, 0) is 0 Å². The molecule has 0 nitrogen and oxygen atoms in total. The highest BCUT2D eigenvalue weighted by Crippen LogP contribution is 2.12. The van der Waals surface area contributed by atoms with Gasteiger partial charge in [0.15, 0.2) is 0 Å². The molecule has 0 spiro atoms. The summed E-state index contributed by atoms with van der Waals surface area (Å²) in [6, 6.07) is 0. The van der Waals surface area contributed by atoms with Gasteiger partial charge in [-0.05, 0) is 65.7 Å². The van der Waals surface area contributed by atoms with Gasteiger partial charge in [-0.2, -0.15) is 0 Å². The molecule has 114 valence electrons. The Bertz CT molecular complexity index is 357. The van der Waals surface area contributed by atoms with E-state index in [4.69, 9.17) is 0 Å². The van der Waals surface area contributed by atoms with Gasteiger partial charge in [0.2, 0.25) is 0 Å². The third-order valence-corrected chi connectivity index (χ3v) is 3.25. The van der Waals surface area contributed by atoms with Crippen LogP contribution in [0.15, 0.2) is 47.1 Å². The first kappa shape index (κ1) is 19.0. The summed E-state index contributed by atoms with van der Waals surface area (Å²) >= 11 is 0. The standard InChI is InChI=1S/C20H34/c1-17(2)11-7-8-13-19(5)15-10-16-20(6)14-9-12-18(3)4/h7,11-13,16-17H,8-10,14-15H2,1-6H3/b11-7+,19-13?,20-16?. The molecule has 0 rings (SSSR count). The maximum atomic E-state index is 2.40. The van der Waals surface area contributed by atoms with E-state index in [9.17, 15) is 0 Å². The van der Waals surface area contributed by atoms with E-state index in [1.807, 2.05) is 0 Å². The Morgan fingerprint density at radius 1 is 0.800 bits per heavy atom. The minimum Gasteiger partial charge on any atom is -0.0857 e. The number of hydrogen-bond acceptors (Lipinski definition) is 0. The summed E-state index contributed by atoms with van der Waals surface area (Å²) in [5.41, 5.74) is 4.45. The molecular weight excluding hydrogens is 240 g/mol. The van der Waals surface area contributed by atoms with Crippen LogP contribution >= 0.6 is 0 Å². The van der Waals surface area contributed by atoms with Gasteiger partial charge in [-0.3, -0.25) is 0 Å². The predicted molar refractivity (Wildman–Crippen MR) is 94.0 cm³/mol. The van der Waals surface area contributed by atoms with Gasteiger partial charge in [-0.1, -0.05) is 60.9 Å². The fraction of sp³-hybridized carbons (Fsp3) is 0.600. The predicted octanol–water partition coefficient (Wildman–Crippen LogP) is 7.01. The molecule has 0 heterocycles. The Morgan fingerprint density at radius 3 is 1.90 bits per heavy atom. The lowest BCUT2D eigenvalue weighted by Crippen LogP contribution is -1.81. The van der Waals surface area contributed by atoms with E-state index >= 15 is 0 Å². The third kappa shape index (κ3) is 13.4. The van der Waals surface area contributed by atoms with Gasteiger partial charge < -0.3 is 0 Å². The molecule has 0 atom stereocenters. The van der Waals surface area contributed by atoms with E-state index < -0.39 is 0 Å². The monoisotopic (exact) mass is 274 g/mol. The topological polar surface area (TPSA) is 0 Å². The molecule has 0 bridgehead atoms. The van der Waals surface area contributed by atoms with Gasteiger partial charge in [0, 0.05) is 0 Å². The summed E-state index contributed by atoms with van der Waals surface area (Å²) in [5, 5.41) is 0. The highest BCUT2D eigenvalue weighted by molar-refractivity contribution is 5.06. The minimum absolute atomic E-state index is 0.662. The first-order valence-electron chi connectivity index (χ1n) is 8.03. The Hall–Kier alpha value is -1.04. The SMILES string of the molecule is CC(C)=CCCC(C)=CCCC(C)=CC/C=C/C(C)C. The van der Waals surface area contributed by atoms with Crippen LogP contribution in [0, 0.1) is 5.92 Å². The van der Waals surface area contributed by atoms with E-state index in [-0.39, 0.29) is 0 Å². The van der Waals surface area contributed by atoms with E-state index in [0.29, 0.717) is 5.92 Å². The molecule has 0 aromatic heterocycles. The van der Waals surface area contributed by atoms with Crippen molar-refractivity contribution in [3.05, 3.63) is 47.1 Å². The largest absolute Gasteiger partial charge is 0.0857 e. The molecule has 0 aliphatic heterocycles. The molecule has 0 saturated heterocycles. The summed E-state index contributed by atoms with van der Waals surface area (Å²) in [4.78, 5) is 0. The van der Waals surface area contributed by atoms with Crippen LogP contribution in [0.1, 0.15) is 73.6 Å². The minimum atomic E-state index is 0.662. The van der Waals surface area contributed by atoms with Crippen molar-refractivity contribution >= 4 is 0 Å². The summed E-state index contributed by atoms with van der Waals surface area (Å²) in [5.74, 6) is 0.662. The lowest BCUT2D eigenvalue weighted by molar-refractivity contribution is 0.827. The van der Waals surface area contributed by atoms with Crippen molar-refractivity contribution in [2.45, 2.75) is 73.6 Å². The Labute approximate surface area is 127 Å². The zero-order chi connectivity index (χ0) is 15.4. The third-order valence-electron chi connectivity index (χ3n) is 3.25. The molecule has 0 heteroatoms. The molecule has 20 heavy (non-hydrogen) atoms. The molecule has 0 aromatic rings. The Morgan fingerprint density at radius 2 is 1.35 bits per heavy atom. The maximum absolute atomic E-state index is 2.40. The average Bonchev–Trinajstić information content (AvgIpc) is 2.34. The molecule has 0 aliphatic rings. The normalized spacial score (nSPS) is 13.3. The van der Waals surface area contributed by atoms with Gasteiger partial charge in [0.05, 0.1) is 0 Å². The second kappa shape index (κ2) is 11.8. The first-order valence-corrected chi connectivity index (χ1v) is 8.03.